The summed E-state index contributed by atoms with van der Waals surface area (Å²) < 4.78 is 2.22. The van der Waals surface area contributed by atoms with Crippen LogP contribution in [0.2, 0.25) is 0 Å². The van der Waals surface area contributed by atoms with E-state index in [2.05, 4.69) is 16.5 Å². The topological polar surface area (TPSA) is 51.0 Å². The Morgan fingerprint density at radius 3 is 2.56 bits per heavy atom. The predicted octanol–water partition coefficient (Wildman–Crippen LogP) is 4.06. The number of aryl methyl sites for hydroxylation is 1. The molecule has 0 aromatic carbocycles. The second-order valence-electron chi connectivity index (χ2n) is 8.58. The summed E-state index contributed by atoms with van der Waals surface area (Å²) in [6, 6.07) is 0.322. The van der Waals surface area contributed by atoms with E-state index in [1.165, 1.54) is 51.4 Å². The Morgan fingerprint density at radius 2 is 1.88 bits per heavy atom. The molecule has 0 unspecified atom stereocenters. The summed E-state index contributed by atoms with van der Waals surface area (Å²) in [6.07, 6.45) is 12.0. The van der Waals surface area contributed by atoms with Crippen LogP contribution in [0.15, 0.2) is 0 Å². The molecule has 1 aliphatic heterocycles. The Hall–Kier alpha value is -1.39. The van der Waals surface area contributed by atoms with E-state index in [-0.39, 0.29) is 17.4 Å². The van der Waals surface area contributed by atoms with Gasteiger partial charge < -0.3 is 0 Å². The van der Waals surface area contributed by atoms with Crippen molar-refractivity contribution in [3.8, 4) is 0 Å². The maximum atomic E-state index is 13.1. The van der Waals surface area contributed by atoms with Crippen LogP contribution in [0.3, 0.4) is 0 Å². The zero-order valence-electron chi connectivity index (χ0n) is 16.0. The minimum Gasteiger partial charge on any atom is -0.277 e. The Bertz CT molecular complexity index is 644. The number of anilines is 1. The van der Waals surface area contributed by atoms with Crippen LogP contribution >= 0.6 is 0 Å². The van der Waals surface area contributed by atoms with Crippen molar-refractivity contribution >= 4 is 11.9 Å². The zero-order chi connectivity index (χ0) is 17.6. The summed E-state index contributed by atoms with van der Waals surface area (Å²) in [5.41, 5.74) is 0.104. The number of carbonyl (C=O) groups excluding carboxylic acids is 1. The van der Waals surface area contributed by atoms with E-state index in [9.17, 15) is 4.79 Å². The molecule has 1 aromatic rings. The number of amides is 1. The predicted molar refractivity (Wildman–Crippen MR) is 98.5 cm³/mol. The third-order valence-electron chi connectivity index (χ3n) is 6.79. The van der Waals surface area contributed by atoms with E-state index < -0.39 is 0 Å². The first-order valence-electron chi connectivity index (χ1n) is 10.4. The first-order valence-corrected chi connectivity index (χ1v) is 10.4. The first-order chi connectivity index (χ1) is 12.1. The molecule has 0 bridgehead atoms. The molecule has 2 atom stereocenters. The highest BCUT2D eigenvalue weighted by Crippen LogP contribution is 2.52. The fourth-order valence-corrected chi connectivity index (χ4v) is 5.59. The molecule has 4 rings (SSSR count). The summed E-state index contributed by atoms with van der Waals surface area (Å²) in [5.74, 6) is 2.50. The van der Waals surface area contributed by atoms with E-state index in [4.69, 9.17) is 10.1 Å². The molecule has 0 saturated heterocycles. The van der Waals surface area contributed by atoms with Crippen LogP contribution < -0.4 is 4.90 Å². The summed E-state index contributed by atoms with van der Waals surface area (Å²) in [4.78, 5) is 20.0. The third-order valence-corrected chi connectivity index (χ3v) is 6.79. The van der Waals surface area contributed by atoms with Crippen molar-refractivity contribution in [1.29, 1.82) is 0 Å². The summed E-state index contributed by atoms with van der Waals surface area (Å²) in [5, 5.41) is 4.94. The fraction of sp³-hybridized carbons (Fsp3) is 0.850. The van der Waals surface area contributed by atoms with Gasteiger partial charge in [-0.05, 0) is 25.7 Å². The first kappa shape index (κ1) is 17.0. The standard InChI is InChI=1S/C20H32N4O/c1-4-17-21-19-23(18(25)14(2)3)16-11-7-6-10-15(16)20(24(19)22-17)12-8-5-9-13-20/h14-16H,4-13H2,1-3H3/t15-,16+/m1/s1. The molecule has 2 heterocycles. The van der Waals surface area contributed by atoms with E-state index in [0.717, 1.165) is 24.6 Å². The second kappa shape index (κ2) is 6.40. The number of carbonyl (C=O) groups is 1. The number of hydrogen-bond acceptors (Lipinski definition) is 3. The lowest BCUT2D eigenvalue weighted by molar-refractivity contribution is -0.123. The second-order valence-corrected chi connectivity index (χ2v) is 8.58. The van der Waals surface area contributed by atoms with E-state index >= 15 is 0 Å². The van der Waals surface area contributed by atoms with Gasteiger partial charge in [0.25, 0.3) is 0 Å². The Balaban J connectivity index is 1.88. The van der Waals surface area contributed by atoms with Gasteiger partial charge in [0.15, 0.2) is 5.82 Å². The van der Waals surface area contributed by atoms with Gasteiger partial charge in [0, 0.05) is 24.3 Å². The molecule has 1 spiro atoms. The number of hydrogen-bond donors (Lipinski definition) is 0. The normalized spacial score (nSPS) is 28.1. The average molecular weight is 345 g/mol. The summed E-state index contributed by atoms with van der Waals surface area (Å²) in [6.45, 7) is 6.12. The van der Waals surface area contributed by atoms with Crippen molar-refractivity contribution in [1.82, 2.24) is 14.8 Å². The molecular weight excluding hydrogens is 312 g/mol. The van der Waals surface area contributed by atoms with E-state index in [1.54, 1.807) is 0 Å². The highest BCUT2D eigenvalue weighted by atomic mass is 16.2. The molecule has 2 aliphatic carbocycles. The average Bonchev–Trinajstić information content (AvgIpc) is 3.07. The monoisotopic (exact) mass is 344 g/mol. The van der Waals surface area contributed by atoms with Crippen molar-refractivity contribution in [3.05, 3.63) is 5.82 Å². The molecule has 138 valence electrons. The van der Waals surface area contributed by atoms with Gasteiger partial charge in [-0.3, -0.25) is 9.69 Å². The van der Waals surface area contributed by atoms with Gasteiger partial charge in [-0.2, -0.15) is 10.1 Å². The van der Waals surface area contributed by atoms with Crippen molar-refractivity contribution < 1.29 is 4.79 Å². The Morgan fingerprint density at radius 1 is 1.16 bits per heavy atom. The summed E-state index contributed by atoms with van der Waals surface area (Å²) >= 11 is 0. The minimum atomic E-state index is -0.00166. The van der Waals surface area contributed by atoms with Crippen molar-refractivity contribution in [2.45, 2.75) is 96.6 Å². The van der Waals surface area contributed by atoms with Crippen LogP contribution in [-0.2, 0) is 16.8 Å². The lowest BCUT2D eigenvalue weighted by Gasteiger charge is -2.55. The van der Waals surface area contributed by atoms with Crippen LogP contribution in [-0.4, -0.2) is 26.7 Å². The molecule has 0 radical (unpaired) electrons. The van der Waals surface area contributed by atoms with Crippen molar-refractivity contribution in [3.63, 3.8) is 0 Å². The van der Waals surface area contributed by atoms with Gasteiger partial charge in [-0.25, -0.2) is 4.68 Å². The van der Waals surface area contributed by atoms with Gasteiger partial charge in [0.2, 0.25) is 11.9 Å². The Labute approximate surface area is 151 Å². The van der Waals surface area contributed by atoms with Crippen LogP contribution in [0, 0.1) is 11.8 Å². The molecule has 25 heavy (non-hydrogen) atoms. The van der Waals surface area contributed by atoms with Crippen LogP contribution in [0.1, 0.15) is 84.4 Å². The molecule has 3 aliphatic rings. The molecule has 5 nitrogen and oxygen atoms in total. The number of aromatic nitrogens is 3. The highest BCUT2D eigenvalue weighted by Gasteiger charge is 2.55. The highest BCUT2D eigenvalue weighted by molar-refractivity contribution is 5.94. The van der Waals surface area contributed by atoms with Crippen molar-refractivity contribution in [2.24, 2.45) is 11.8 Å². The quantitative estimate of drug-likeness (QED) is 0.813. The lowest BCUT2D eigenvalue weighted by Crippen LogP contribution is -2.62. The van der Waals surface area contributed by atoms with Crippen LogP contribution in [0.25, 0.3) is 0 Å². The molecule has 1 aromatic heterocycles. The number of fused-ring (bicyclic) bond motifs is 4. The summed E-state index contributed by atoms with van der Waals surface area (Å²) in [7, 11) is 0. The zero-order valence-corrected chi connectivity index (χ0v) is 16.0. The smallest absolute Gasteiger partial charge is 0.232 e. The van der Waals surface area contributed by atoms with Gasteiger partial charge in [0.05, 0.1) is 5.54 Å². The number of rotatable bonds is 2. The van der Waals surface area contributed by atoms with Gasteiger partial charge in [-0.1, -0.05) is 52.9 Å². The van der Waals surface area contributed by atoms with Crippen LogP contribution in [0.5, 0.6) is 0 Å². The van der Waals surface area contributed by atoms with Crippen LogP contribution in [0.4, 0.5) is 5.95 Å². The SMILES string of the molecule is CCc1nc2n(n1)C1(CCCCC1)[C@@H]1CCCC[C@@H]1N2C(=O)C(C)C. The molecule has 2 fully saturated rings. The van der Waals surface area contributed by atoms with E-state index in [0.29, 0.717) is 12.0 Å². The minimum absolute atomic E-state index is 0.00166. The van der Waals surface area contributed by atoms with Gasteiger partial charge in [-0.15, -0.1) is 0 Å². The van der Waals surface area contributed by atoms with E-state index in [1.807, 2.05) is 13.8 Å². The van der Waals surface area contributed by atoms with Gasteiger partial charge in [0.1, 0.15) is 0 Å². The molecular formula is C20H32N4O. The number of nitrogens with zero attached hydrogens (tertiary/aromatic N) is 4. The third kappa shape index (κ3) is 2.53. The van der Waals surface area contributed by atoms with Crippen molar-refractivity contribution in [2.75, 3.05) is 4.90 Å². The largest absolute Gasteiger partial charge is 0.277 e. The molecule has 2 saturated carbocycles. The maximum absolute atomic E-state index is 13.1. The maximum Gasteiger partial charge on any atom is 0.232 e. The fourth-order valence-electron chi connectivity index (χ4n) is 5.59. The molecule has 0 N–H and O–H groups in total. The molecule has 5 heteroatoms. The molecule has 1 amide bonds. The van der Waals surface area contributed by atoms with Gasteiger partial charge >= 0.3 is 0 Å². The lowest BCUT2D eigenvalue weighted by atomic mass is 9.64. The Kier molecular flexibility index (Phi) is 4.37.